The molecule has 2 N–H and O–H groups in total. The fraction of sp³-hybridized carbons (Fsp3) is 0.273. The molecule has 84 valence electrons. The minimum absolute atomic E-state index is 0.00163. The zero-order valence-corrected chi connectivity index (χ0v) is 9.64. The van der Waals surface area contributed by atoms with Crippen LogP contribution in [0.4, 0.5) is 5.69 Å². The number of aldehydes is 1. The van der Waals surface area contributed by atoms with Crippen LogP contribution in [0.15, 0.2) is 23.1 Å². The summed E-state index contributed by atoms with van der Waals surface area (Å²) in [6, 6.07) is 5.35. The average molecular weight is 236 g/mol. The van der Waals surface area contributed by atoms with E-state index >= 15 is 0 Å². The monoisotopic (exact) mass is 236 g/mol. The van der Waals surface area contributed by atoms with Gasteiger partial charge in [-0.2, -0.15) is 0 Å². The lowest BCUT2D eigenvalue weighted by Crippen LogP contribution is -2.21. The predicted molar refractivity (Wildman–Crippen MR) is 63.7 cm³/mol. The Morgan fingerprint density at radius 1 is 1.56 bits per heavy atom. The summed E-state index contributed by atoms with van der Waals surface area (Å²) in [5.41, 5.74) is 1.65. The third kappa shape index (κ3) is 2.10. The fourth-order valence-corrected chi connectivity index (χ4v) is 2.40. The number of amides is 1. The van der Waals surface area contributed by atoms with E-state index in [1.807, 2.05) is 18.2 Å². The summed E-state index contributed by atoms with van der Waals surface area (Å²) < 4.78 is 0. The highest BCUT2D eigenvalue weighted by Gasteiger charge is 2.17. The normalized spacial score (nSPS) is 16.2. The highest BCUT2D eigenvalue weighted by Crippen LogP contribution is 2.32. The lowest BCUT2D eigenvalue weighted by molar-refractivity contribution is -0.114. The molecule has 1 aliphatic rings. The number of thioether (sulfide) groups is 1. The molecular formula is C11H12N2O2S. The first-order valence-corrected chi connectivity index (χ1v) is 5.92. The van der Waals surface area contributed by atoms with E-state index in [2.05, 4.69) is 10.6 Å². The van der Waals surface area contributed by atoms with Crippen LogP contribution >= 0.6 is 11.8 Å². The van der Waals surface area contributed by atoms with E-state index in [0.717, 1.165) is 22.4 Å². The highest BCUT2D eigenvalue weighted by molar-refractivity contribution is 8.00. The Kier molecular flexibility index (Phi) is 3.26. The first-order chi connectivity index (χ1) is 7.74. The number of nitrogens with one attached hydrogen (secondary N) is 2. The molecular weight excluding hydrogens is 224 g/mol. The van der Waals surface area contributed by atoms with Crippen LogP contribution < -0.4 is 10.6 Å². The Morgan fingerprint density at radius 2 is 2.38 bits per heavy atom. The molecule has 5 heteroatoms. The Balaban J connectivity index is 2.34. The van der Waals surface area contributed by atoms with E-state index in [9.17, 15) is 9.59 Å². The van der Waals surface area contributed by atoms with Crippen molar-refractivity contribution in [1.29, 1.82) is 0 Å². The van der Waals surface area contributed by atoms with Gasteiger partial charge in [0.25, 0.3) is 0 Å². The third-order valence-electron chi connectivity index (χ3n) is 2.44. The first-order valence-electron chi connectivity index (χ1n) is 4.93. The maximum atomic E-state index is 11.2. The summed E-state index contributed by atoms with van der Waals surface area (Å²) in [7, 11) is 1.73. The van der Waals surface area contributed by atoms with Crippen molar-refractivity contribution in [2.24, 2.45) is 0 Å². The zero-order valence-electron chi connectivity index (χ0n) is 8.82. The van der Waals surface area contributed by atoms with Crippen LogP contribution in [0.25, 0.3) is 0 Å². The fourth-order valence-electron chi connectivity index (χ4n) is 1.61. The topological polar surface area (TPSA) is 58.2 Å². The maximum Gasteiger partial charge on any atom is 0.234 e. The third-order valence-corrected chi connectivity index (χ3v) is 3.52. The molecule has 2 rings (SSSR count). The van der Waals surface area contributed by atoms with Gasteiger partial charge in [0.2, 0.25) is 5.91 Å². The van der Waals surface area contributed by atoms with Crippen LogP contribution in [0.1, 0.15) is 11.6 Å². The predicted octanol–water partition coefficient (Wildman–Crippen LogP) is 1.19. The van der Waals surface area contributed by atoms with Crippen molar-refractivity contribution in [3.63, 3.8) is 0 Å². The molecule has 1 heterocycles. The Morgan fingerprint density at radius 3 is 3.06 bits per heavy atom. The number of likely N-dealkylation sites (N-methyl/N-ethyl adjacent to an activating group) is 1. The van der Waals surface area contributed by atoms with Crippen LogP contribution in [0.3, 0.4) is 0 Å². The van der Waals surface area contributed by atoms with Crippen LogP contribution in [0, 0.1) is 0 Å². The van der Waals surface area contributed by atoms with Crippen LogP contribution in [0.5, 0.6) is 0 Å². The molecule has 0 saturated heterocycles. The van der Waals surface area contributed by atoms with Crippen molar-refractivity contribution < 1.29 is 9.59 Å². The van der Waals surface area contributed by atoms with Gasteiger partial charge in [0.05, 0.1) is 17.5 Å². The van der Waals surface area contributed by atoms with Gasteiger partial charge in [-0.1, -0.05) is 6.07 Å². The molecule has 0 fully saturated rings. The minimum atomic E-state index is -0.325. The summed E-state index contributed by atoms with van der Waals surface area (Å²) in [4.78, 5) is 23.1. The zero-order chi connectivity index (χ0) is 11.5. The van der Waals surface area contributed by atoms with Gasteiger partial charge in [-0.05, 0) is 24.7 Å². The van der Waals surface area contributed by atoms with E-state index in [-0.39, 0.29) is 11.9 Å². The lowest BCUT2D eigenvalue weighted by Gasteiger charge is -2.18. The van der Waals surface area contributed by atoms with Gasteiger partial charge >= 0.3 is 0 Å². The second-order valence-electron chi connectivity index (χ2n) is 3.49. The van der Waals surface area contributed by atoms with Crippen LogP contribution in [0.2, 0.25) is 0 Å². The molecule has 0 spiro atoms. The number of carbonyl (C=O) groups is 2. The molecule has 1 amide bonds. The number of anilines is 1. The molecule has 1 atom stereocenters. The van der Waals surface area contributed by atoms with Gasteiger partial charge in [-0.15, -0.1) is 11.8 Å². The average Bonchev–Trinajstić information content (AvgIpc) is 2.30. The lowest BCUT2D eigenvalue weighted by atomic mass is 10.1. The van der Waals surface area contributed by atoms with E-state index < -0.39 is 0 Å². The van der Waals surface area contributed by atoms with Crippen molar-refractivity contribution in [1.82, 2.24) is 5.32 Å². The summed E-state index contributed by atoms with van der Waals surface area (Å²) in [6.45, 7) is 0. The number of carbonyl (C=O) groups excluding carboxylic acids is 2. The molecule has 1 aromatic carbocycles. The van der Waals surface area contributed by atoms with Crippen molar-refractivity contribution in [2.45, 2.75) is 10.9 Å². The summed E-state index contributed by atoms with van der Waals surface area (Å²) >= 11 is 1.51. The highest BCUT2D eigenvalue weighted by atomic mass is 32.2. The smallest absolute Gasteiger partial charge is 0.234 e. The molecule has 1 unspecified atom stereocenters. The van der Waals surface area contributed by atoms with Gasteiger partial charge in [-0.25, -0.2) is 0 Å². The second kappa shape index (κ2) is 4.67. The largest absolute Gasteiger partial charge is 0.324 e. The van der Waals surface area contributed by atoms with Gasteiger partial charge in [0, 0.05) is 4.90 Å². The van der Waals surface area contributed by atoms with Gasteiger partial charge in [-0.3, -0.25) is 4.79 Å². The minimum Gasteiger partial charge on any atom is -0.324 e. The molecule has 0 bridgehead atoms. The van der Waals surface area contributed by atoms with E-state index in [0.29, 0.717) is 5.75 Å². The van der Waals surface area contributed by atoms with Gasteiger partial charge < -0.3 is 15.4 Å². The Bertz CT molecular complexity index is 434. The molecule has 0 radical (unpaired) electrons. The number of hydrogen-bond donors (Lipinski definition) is 2. The van der Waals surface area contributed by atoms with Crippen molar-refractivity contribution in [3.8, 4) is 0 Å². The Labute approximate surface area is 97.8 Å². The molecule has 0 aromatic heterocycles. The molecule has 1 aliphatic heterocycles. The molecule has 0 aliphatic carbocycles. The molecule has 0 saturated carbocycles. The van der Waals surface area contributed by atoms with Crippen LogP contribution in [-0.2, 0) is 9.59 Å². The van der Waals surface area contributed by atoms with E-state index in [4.69, 9.17) is 0 Å². The molecule has 1 aromatic rings. The second-order valence-corrected chi connectivity index (χ2v) is 4.51. The SMILES string of the molecule is CNC(C=O)c1ccc2c(c1)NC(=O)CS2. The maximum absolute atomic E-state index is 11.2. The number of rotatable bonds is 3. The van der Waals surface area contributed by atoms with Crippen LogP contribution in [-0.4, -0.2) is 25.0 Å². The number of benzene rings is 1. The van der Waals surface area contributed by atoms with Gasteiger partial charge in [0.1, 0.15) is 6.29 Å². The number of fused-ring (bicyclic) bond motifs is 1. The van der Waals surface area contributed by atoms with E-state index in [1.54, 1.807) is 7.05 Å². The molecule has 4 nitrogen and oxygen atoms in total. The Hall–Kier alpha value is -1.33. The first kappa shape index (κ1) is 11.2. The van der Waals surface area contributed by atoms with Gasteiger partial charge in [0.15, 0.2) is 0 Å². The number of hydrogen-bond acceptors (Lipinski definition) is 4. The van der Waals surface area contributed by atoms with Crippen molar-refractivity contribution >= 4 is 29.6 Å². The summed E-state index contributed by atoms with van der Waals surface area (Å²) in [5, 5.41) is 5.70. The van der Waals surface area contributed by atoms with Crippen molar-refractivity contribution in [3.05, 3.63) is 23.8 Å². The molecule has 16 heavy (non-hydrogen) atoms. The standard InChI is InChI=1S/C11H12N2O2S/c1-12-9(5-14)7-2-3-10-8(4-7)13-11(15)6-16-10/h2-5,9,12H,6H2,1H3,(H,13,15). The van der Waals surface area contributed by atoms with E-state index in [1.165, 1.54) is 11.8 Å². The quantitative estimate of drug-likeness (QED) is 0.774. The van der Waals surface area contributed by atoms with Crippen molar-refractivity contribution in [2.75, 3.05) is 18.1 Å². The summed E-state index contributed by atoms with van der Waals surface area (Å²) in [6.07, 6.45) is 0.847. The summed E-state index contributed by atoms with van der Waals surface area (Å²) in [5.74, 6) is 0.455.